The van der Waals surface area contributed by atoms with Crippen LogP contribution in [0.15, 0.2) is 23.4 Å². The number of fused-ring (bicyclic) bond motifs is 7. The van der Waals surface area contributed by atoms with Crippen molar-refractivity contribution in [2.24, 2.45) is 56.2 Å². The molecule has 3 saturated carbocycles. The maximum absolute atomic E-state index is 14.6. The van der Waals surface area contributed by atoms with Crippen LogP contribution in [0.2, 0.25) is 0 Å². The summed E-state index contributed by atoms with van der Waals surface area (Å²) in [6, 6.07) is 0. The summed E-state index contributed by atoms with van der Waals surface area (Å²) in [5.41, 5.74) is 0.160. The first-order chi connectivity index (χ1) is 19.2. The third kappa shape index (κ3) is 3.31. The second kappa shape index (κ2) is 8.22. The minimum absolute atomic E-state index is 0.0283. The van der Waals surface area contributed by atoms with Crippen LogP contribution < -0.4 is 0 Å². The van der Waals surface area contributed by atoms with Crippen molar-refractivity contribution >= 4 is 17.5 Å². The quantitative estimate of drug-likeness (QED) is 0.369. The van der Waals surface area contributed by atoms with Crippen molar-refractivity contribution in [1.82, 2.24) is 4.90 Å². The van der Waals surface area contributed by atoms with Crippen molar-refractivity contribution in [3.8, 4) is 0 Å². The van der Waals surface area contributed by atoms with Gasteiger partial charge in [0.1, 0.15) is 0 Å². The van der Waals surface area contributed by atoms with E-state index in [0.29, 0.717) is 5.91 Å². The molecular formula is C35H46N2O4. The van der Waals surface area contributed by atoms with E-state index in [9.17, 15) is 14.4 Å². The molecule has 220 valence electrons. The minimum Gasteiger partial charge on any atom is -0.380 e. The van der Waals surface area contributed by atoms with Gasteiger partial charge in [0.15, 0.2) is 11.6 Å². The largest absolute Gasteiger partial charge is 0.380 e. The number of amides is 1. The lowest BCUT2D eigenvalue weighted by Gasteiger charge is -2.69. The van der Waals surface area contributed by atoms with Crippen molar-refractivity contribution in [2.75, 3.05) is 26.3 Å². The molecule has 5 fully saturated rings. The Morgan fingerprint density at radius 3 is 2.32 bits per heavy atom. The lowest BCUT2D eigenvalue weighted by atomic mass is 9.34. The van der Waals surface area contributed by atoms with Crippen molar-refractivity contribution in [1.29, 1.82) is 0 Å². The number of nitrogens with zero attached hydrogens (tertiary/aromatic N) is 2. The molecule has 2 heterocycles. The molecule has 41 heavy (non-hydrogen) atoms. The summed E-state index contributed by atoms with van der Waals surface area (Å²) in [5, 5.41) is 0. The lowest BCUT2D eigenvalue weighted by molar-refractivity contribution is -0.214. The summed E-state index contributed by atoms with van der Waals surface area (Å²) >= 11 is 0. The van der Waals surface area contributed by atoms with Gasteiger partial charge < -0.3 is 14.4 Å². The second-order valence-corrected chi connectivity index (χ2v) is 16.7. The predicted octanol–water partition coefficient (Wildman–Crippen LogP) is 6.03. The number of Topliss-reactive ketones (excluding diaryl/α,β-unsaturated/α-hetero) is 1. The molecule has 0 aromatic carbocycles. The van der Waals surface area contributed by atoms with E-state index in [4.69, 9.17) is 11.3 Å². The standard InChI is InChI=1S/C35H46N2O4/c1-21-22-8-9-32(5)26(31(22,4)16-24(36-7)28(21)39)14-25(38)27-23-15-30(2,3)10-12-35(23,13-11-33(27,32)6)29(40)37-17-34(18-37)19-41-20-34/h14,16,21-23,27H,8-13,15,17-20H2,1-6H3/t21-,22-,23-,27-,31-,32+,33+,35-/m0/s1. The van der Waals surface area contributed by atoms with Gasteiger partial charge in [-0.25, -0.2) is 4.85 Å². The van der Waals surface area contributed by atoms with Crippen molar-refractivity contribution in [3.63, 3.8) is 0 Å². The number of hydrogen-bond donors (Lipinski definition) is 0. The molecule has 8 atom stereocenters. The van der Waals surface area contributed by atoms with Crippen molar-refractivity contribution in [3.05, 3.63) is 34.8 Å². The fourth-order valence-electron chi connectivity index (χ4n) is 11.4. The van der Waals surface area contributed by atoms with Crippen LogP contribution in [0.25, 0.3) is 4.85 Å². The number of rotatable bonds is 1. The summed E-state index contributed by atoms with van der Waals surface area (Å²) in [7, 11) is 0. The van der Waals surface area contributed by atoms with Gasteiger partial charge in [-0.3, -0.25) is 9.59 Å². The van der Waals surface area contributed by atoms with Crippen LogP contribution >= 0.6 is 0 Å². The van der Waals surface area contributed by atoms with Crippen LogP contribution in [0.4, 0.5) is 0 Å². The Labute approximate surface area is 245 Å². The molecule has 2 aliphatic heterocycles. The highest BCUT2D eigenvalue weighted by Crippen LogP contribution is 2.74. The first kappa shape index (κ1) is 27.6. The van der Waals surface area contributed by atoms with Crippen molar-refractivity contribution in [2.45, 2.75) is 86.5 Å². The van der Waals surface area contributed by atoms with Crippen LogP contribution in [0.3, 0.4) is 0 Å². The van der Waals surface area contributed by atoms with Gasteiger partial charge in [-0.2, -0.15) is 0 Å². The molecule has 2 saturated heterocycles. The normalized spacial score (nSPS) is 47.3. The second-order valence-electron chi connectivity index (χ2n) is 16.7. The molecule has 5 aliphatic carbocycles. The molecule has 6 heteroatoms. The molecule has 0 aromatic rings. The number of ether oxygens (including phenoxy) is 1. The number of carbonyl (C=O) groups is 3. The Kier molecular flexibility index (Phi) is 5.52. The SMILES string of the molecule is [C-]#[N+]C1=C[C@]2(C)C3=CC(=O)[C@@H]4[C@@H]5CC(C)(C)CC[C@]5(C(=O)N5CC6(COC6)C5)CC[C@@]4(C)[C@]3(C)CC[C@H]2[C@H](C)C1=O. The molecule has 0 radical (unpaired) electrons. The van der Waals surface area contributed by atoms with E-state index in [1.807, 2.05) is 19.1 Å². The maximum Gasteiger partial charge on any atom is 0.229 e. The lowest BCUT2D eigenvalue weighted by Crippen LogP contribution is -2.71. The van der Waals surface area contributed by atoms with E-state index in [0.717, 1.165) is 76.8 Å². The van der Waals surface area contributed by atoms with Crippen molar-refractivity contribution < 1.29 is 19.1 Å². The summed E-state index contributed by atoms with van der Waals surface area (Å²) in [4.78, 5) is 47.8. The molecule has 0 bridgehead atoms. The first-order valence-corrected chi connectivity index (χ1v) is 15.9. The molecular weight excluding hydrogens is 512 g/mol. The van der Waals surface area contributed by atoms with Crippen LogP contribution in [-0.4, -0.2) is 48.7 Å². The van der Waals surface area contributed by atoms with E-state index in [1.54, 1.807) is 0 Å². The Bertz CT molecular complexity index is 1360. The molecule has 6 nitrogen and oxygen atoms in total. The number of ketones is 2. The van der Waals surface area contributed by atoms with E-state index in [-0.39, 0.29) is 62.6 Å². The number of allylic oxidation sites excluding steroid dienone is 4. The summed E-state index contributed by atoms with van der Waals surface area (Å²) in [5.74, 6) is 0.131. The molecule has 7 aliphatic rings. The topological polar surface area (TPSA) is 68.0 Å². The number of hydrogen-bond acceptors (Lipinski definition) is 4. The monoisotopic (exact) mass is 558 g/mol. The Morgan fingerprint density at radius 1 is 1.00 bits per heavy atom. The minimum atomic E-state index is -0.489. The average molecular weight is 559 g/mol. The van der Waals surface area contributed by atoms with Gasteiger partial charge in [0.25, 0.3) is 0 Å². The third-order valence-corrected chi connectivity index (χ3v) is 14.1. The Balaban J connectivity index is 1.32. The molecule has 0 N–H and O–H groups in total. The summed E-state index contributed by atoms with van der Waals surface area (Å²) in [6.07, 6.45) is 10.2. The molecule has 0 unspecified atom stereocenters. The highest BCUT2D eigenvalue weighted by molar-refractivity contribution is 6.01. The van der Waals surface area contributed by atoms with Gasteiger partial charge in [0.2, 0.25) is 11.6 Å². The van der Waals surface area contributed by atoms with Crippen LogP contribution in [0.5, 0.6) is 0 Å². The molecule has 7 rings (SSSR count). The fourth-order valence-corrected chi connectivity index (χ4v) is 11.4. The van der Waals surface area contributed by atoms with Crippen LogP contribution in [-0.2, 0) is 19.1 Å². The van der Waals surface area contributed by atoms with Crippen LogP contribution in [0, 0.1) is 62.7 Å². The summed E-state index contributed by atoms with van der Waals surface area (Å²) < 4.78 is 5.49. The number of likely N-dealkylation sites (tertiary alicyclic amines) is 1. The Morgan fingerprint density at radius 2 is 1.68 bits per heavy atom. The van der Waals surface area contributed by atoms with E-state index in [2.05, 4.69) is 44.4 Å². The highest BCUT2D eigenvalue weighted by atomic mass is 16.5. The van der Waals surface area contributed by atoms with Gasteiger partial charge in [0.05, 0.1) is 30.6 Å². The van der Waals surface area contributed by atoms with E-state index in [1.165, 1.54) is 0 Å². The predicted molar refractivity (Wildman–Crippen MR) is 155 cm³/mol. The average Bonchev–Trinajstić information content (AvgIpc) is 2.85. The zero-order chi connectivity index (χ0) is 29.4. The third-order valence-electron chi connectivity index (χ3n) is 14.1. The molecule has 0 aromatic heterocycles. The molecule has 1 amide bonds. The zero-order valence-corrected chi connectivity index (χ0v) is 25.8. The number of carbonyl (C=O) groups excluding carboxylic acids is 3. The van der Waals surface area contributed by atoms with E-state index < -0.39 is 10.8 Å². The van der Waals surface area contributed by atoms with Gasteiger partial charge in [-0.05, 0) is 79.1 Å². The van der Waals surface area contributed by atoms with Crippen LogP contribution in [0.1, 0.15) is 86.5 Å². The Hall–Kier alpha value is -2.26. The van der Waals surface area contributed by atoms with E-state index >= 15 is 0 Å². The van der Waals surface area contributed by atoms with Gasteiger partial charge >= 0.3 is 0 Å². The van der Waals surface area contributed by atoms with Gasteiger partial charge in [-0.1, -0.05) is 53.2 Å². The van der Waals surface area contributed by atoms with Gasteiger partial charge in [-0.15, -0.1) is 0 Å². The highest BCUT2D eigenvalue weighted by Gasteiger charge is 2.71. The van der Waals surface area contributed by atoms with Gasteiger partial charge in [0, 0.05) is 30.3 Å². The summed E-state index contributed by atoms with van der Waals surface area (Å²) in [6.45, 7) is 24.3. The fraction of sp³-hybridized carbons (Fsp3) is 0.771. The maximum atomic E-state index is 14.6. The molecule has 1 spiro atoms. The smallest absolute Gasteiger partial charge is 0.229 e. The first-order valence-electron chi connectivity index (χ1n) is 15.9. The zero-order valence-electron chi connectivity index (χ0n) is 25.8.